The van der Waals surface area contributed by atoms with Crippen molar-refractivity contribution in [3.05, 3.63) is 29.8 Å². The quantitative estimate of drug-likeness (QED) is 0.833. The molecule has 132 valence electrons. The zero-order chi connectivity index (χ0) is 17.9. The lowest BCUT2D eigenvalue weighted by atomic mass is 10.1. The monoisotopic (exact) mass is 331 g/mol. The minimum atomic E-state index is -0.0925. The van der Waals surface area contributed by atoms with Gasteiger partial charge in [-0.05, 0) is 50.3 Å². The summed E-state index contributed by atoms with van der Waals surface area (Å²) in [5, 5.41) is 5.97. The molecule has 24 heavy (non-hydrogen) atoms. The maximum absolute atomic E-state index is 12.2. The van der Waals surface area contributed by atoms with Crippen molar-refractivity contribution in [3.63, 3.8) is 0 Å². The van der Waals surface area contributed by atoms with Gasteiger partial charge in [0, 0.05) is 24.7 Å². The largest absolute Gasteiger partial charge is 0.349 e. The van der Waals surface area contributed by atoms with E-state index in [0.717, 1.165) is 17.7 Å². The Morgan fingerprint density at radius 2 is 1.75 bits per heavy atom. The zero-order valence-corrected chi connectivity index (χ0v) is 15.3. The standard InChI is InChI=1S/C19H29N3O2/c1-6-22(7-2)18(24)21-15-10-8-14(9-11-15)13(3)20-17(23)16-12-19(16,4)5/h8-11,13,16H,6-7,12H2,1-5H3,(H,20,23)(H,21,24)/t13-,16+/m0/s1. The van der Waals surface area contributed by atoms with Gasteiger partial charge < -0.3 is 15.5 Å². The second kappa shape index (κ2) is 7.24. The van der Waals surface area contributed by atoms with Gasteiger partial charge in [-0.1, -0.05) is 26.0 Å². The molecule has 0 radical (unpaired) electrons. The topological polar surface area (TPSA) is 61.4 Å². The van der Waals surface area contributed by atoms with E-state index in [1.807, 2.05) is 45.0 Å². The summed E-state index contributed by atoms with van der Waals surface area (Å²) in [5.74, 6) is 0.263. The first-order valence-electron chi connectivity index (χ1n) is 8.74. The molecule has 0 spiro atoms. The van der Waals surface area contributed by atoms with Gasteiger partial charge in [0.05, 0.1) is 6.04 Å². The molecule has 0 bridgehead atoms. The molecule has 2 rings (SSSR count). The molecule has 0 unspecified atom stereocenters. The predicted octanol–water partition coefficient (Wildman–Crippen LogP) is 3.78. The molecule has 2 atom stereocenters. The Morgan fingerprint density at radius 1 is 1.21 bits per heavy atom. The van der Waals surface area contributed by atoms with Gasteiger partial charge in [-0.2, -0.15) is 0 Å². The number of carbonyl (C=O) groups is 2. The Bertz CT molecular complexity index is 591. The third-order valence-corrected chi connectivity index (χ3v) is 4.90. The molecule has 1 aromatic carbocycles. The van der Waals surface area contributed by atoms with Crippen LogP contribution in [-0.4, -0.2) is 29.9 Å². The lowest BCUT2D eigenvalue weighted by Gasteiger charge is -2.20. The van der Waals surface area contributed by atoms with Crippen LogP contribution in [-0.2, 0) is 4.79 Å². The number of urea groups is 1. The average Bonchev–Trinajstić information content (AvgIpc) is 3.18. The Labute approximate surface area is 144 Å². The molecule has 3 amide bonds. The second-order valence-corrected chi connectivity index (χ2v) is 7.20. The molecule has 1 saturated carbocycles. The summed E-state index contributed by atoms with van der Waals surface area (Å²) in [4.78, 5) is 26.0. The highest BCUT2D eigenvalue weighted by atomic mass is 16.2. The second-order valence-electron chi connectivity index (χ2n) is 7.20. The van der Waals surface area contributed by atoms with Crippen molar-refractivity contribution in [2.75, 3.05) is 18.4 Å². The first-order valence-corrected chi connectivity index (χ1v) is 8.74. The number of hydrogen-bond acceptors (Lipinski definition) is 2. The zero-order valence-electron chi connectivity index (χ0n) is 15.3. The van der Waals surface area contributed by atoms with Crippen molar-refractivity contribution in [1.29, 1.82) is 0 Å². The minimum absolute atomic E-state index is 0.0403. The fourth-order valence-corrected chi connectivity index (χ4v) is 2.88. The molecule has 0 saturated heterocycles. The molecule has 0 aliphatic heterocycles. The first kappa shape index (κ1) is 18.3. The smallest absolute Gasteiger partial charge is 0.321 e. The third kappa shape index (κ3) is 4.28. The van der Waals surface area contributed by atoms with Crippen molar-refractivity contribution >= 4 is 17.6 Å². The number of hydrogen-bond donors (Lipinski definition) is 2. The van der Waals surface area contributed by atoms with Gasteiger partial charge in [0.15, 0.2) is 0 Å². The summed E-state index contributed by atoms with van der Waals surface area (Å²) in [6, 6.07) is 7.51. The predicted molar refractivity (Wildman–Crippen MR) is 96.8 cm³/mol. The summed E-state index contributed by atoms with van der Waals surface area (Å²) in [6.45, 7) is 11.5. The van der Waals surface area contributed by atoms with Crippen LogP contribution in [0.3, 0.4) is 0 Å². The number of benzene rings is 1. The number of carbonyl (C=O) groups excluding carboxylic acids is 2. The van der Waals surface area contributed by atoms with Crippen LogP contribution in [0.4, 0.5) is 10.5 Å². The third-order valence-electron chi connectivity index (χ3n) is 4.90. The molecule has 5 nitrogen and oxygen atoms in total. The average molecular weight is 331 g/mol. The van der Waals surface area contributed by atoms with Crippen molar-refractivity contribution < 1.29 is 9.59 Å². The highest BCUT2D eigenvalue weighted by molar-refractivity contribution is 5.89. The SMILES string of the molecule is CCN(CC)C(=O)Nc1ccc([C@H](C)NC(=O)[C@H]2CC2(C)C)cc1. The van der Waals surface area contributed by atoms with E-state index >= 15 is 0 Å². The van der Waals surface area contributed by atoms with E-state index in [4.69, 9.17) is 0 Å². The van der Waals surface area contributed by atoms with E-state index in [-0.39, 0.29) is 29.3 Å². The Balaban J connectivity index is 1.91. The highest BCUT2D eigenvalue weighted by Crippen LogP contribution is 2.51. The van der Waals surface area contributed by atoms with Crippen LogP contribution in [0.5, 0.6) is 0 Å². The number of nitrogens with zero attached hydrogens (tertiary/aromatic N) is 1. The molecule has 1 aliphatic carbocycles. The normalized spacial score (nSPS) is 19.3. The van der Waals surface area contributed by atoms with Crippen molar-refractivity contribution in [3.8, 4) is 0 Å². The molecule has 0 heterocycles. The Morgan fingerprint density at radius 3 is 2.21 bits per heavy atom. The van der Waals surface area contributed by atoms with E-state index in [0.29, 0.717) is 13.1 Å². The van der Waals surface area contributed by atoms with Crippen LogP contribution in [0, 0.1) is 11.3 Å². The van der Waals surface area contributed by atoms with Gasteiger partial charge >= 0.3 is 6.03 Å². The van der Waals surface area contributed by atoms with Crippen LogP contribution in [0.2, 0.25) is 0 Å². The van der Waals surface area contributed by atoms with E-state index in [9.17, 15) is 9.59 Å². The molecule has 1 aromatic rings. The molecule has 0 aromatic heterocycles. The fourth-order valence-electron chi connectivity index (χ4n) is 2.88. The summed E-state index contributed by atoms with van der Waals surface area (Å²) >= 11 is 0. The maximum Gasteiger partial charge on any atom is 0.321 e. The highest BCUT2D eigenvalue weighted by Gasteiger charge is 2.50. The number of anilines is 1. The number of amides is 3. The van der Waals surface area contributed by atoms with Gasteiger partial charge in [-0.15, -0.1) is 0 Å². The van der Waals surface area contributed by atoms with E-state index in [1.54, 1.807) is 4.90 Å². The van der Waals surface area contributed by atoms with Gasteiger partial charge in [-0.3, -0.25) is 4.79 Å². The Hall–Kier alpha value is -2.04. The first-order chi connectivity index (χ1) is 11.3. The lowest BCUT2D eigenvalue weighted by molar-refractivity contribution is -0.123. The molecule has 5 heteroatoms. The number of nitrogens with one attached hydrogen (secondary N) is 2. The molecule has 1 aliphatic rings. The van der Waals surface area contributed by atoms with Crippen LogP contribution in [0.25, 0.3) is 0 Å². The maximum atomic E-state index is 12.2. The molecular formula is C19H29N3O2. The van der Waals surface area contributed by atoms with Crippen LogP contribution < -0.4 is 10.6 Å². The van der Waals surface area contributed by atoms with Crippen molar-refractivity contribution in [2.24, 2.45) is 11.3 Å². The summed E-state index contributed by atoms with van der Waals surface area (Å²) in [5.41, 5.74) is 1.93. The molecule has 2 N–H and O–H groups in total. The van der Waals surface area contributed by atoms with Crippen LogP contribution in [0.15, 0.2) is 24.3 Å². The Kier molecular flexibility index (Phi) is 5.52. The number of rotatable bonds is 6. The molecular weight excluding hydrogens is 302 g/mol. The fraction of sp³-hybridized carbons (Fsp3) is 0.579. The molecule has 1 fully saturated rings. The van der Waals surface area contributed by atoms with Gasteiger partial charge in [-0.25, -0.2) is 4.79 Å². The van der Waals surface area contributed by atoms with Crippen molar-refractivity contribution in [2.45, 2.75) is 47.1 Å². The summed E-state index contributed by atoms with van der Waals surface area (Å²) in [6.07, 6.45) is 0.960. The van der Waals surface area contributed by atoms with Gasteiger partial charge in [0.1, 0.15) is 0 Å². The van der Waals surface area contributed by atoms with E-state index in [1.165, 1.54) is 0 Å². The van der Waals surface area contributed by atoms with Crippen molar-refractivity contribution in [1.82, 2.24) is 10.2 Å². The van der Waals surface area contributed by atoms with Gasteiger partial charge in [0.25, 0.3) is 0 Å². The van der Waals surface area contributed by atoms with E-state index < -0.39 is 0 Å². The van der Waals surface area contributed by atoms with Gasteiger partial charge in [0.2, 0.25) is 5.91 Å². The van der Waals surface area contributed by atoms with Crippen LogP contribution >= 0.6 is 0 Å². The lowest BCUT2D eigenvalue weighted by Crippen LogP contribution is -2.34. The van der Waals surface area contributed by atoms with E-state index in [2.05, 4.69) is 24.5 Å². The summed E-state index contributed by atoms with van der Waals surface area (Å²) < 4.78 is 0. The summed E-state index contributed by atoms with van der Waals surface area (Å²) in [7, 11) is 0. The van der Waals surface area contributed by atoms with Crippen LogP contribution in [0.1, 0.15) is 52.6 Å². The minimum Gasteiger partial charge on any atom is -0.349 e.